The fraction of sp³-hybridized carbons (Fsp3) is 0.409. The van der Waals surface area contributed by atoms with E-state index in [0.717, 1.165) is 9.27 Å². The quantitative estimate of drug-likeness (QED) is 0.328. The van der Waals surface area contributed by atoms with Crippen LogP contribution < -0.4 is 25.6 Å². The molecule has 3 aromatic heterocycles. The molecule has 0 aliphatic heterocycles. The number of hydrogen-bond donors (Lipinski definition) is 0. The van der Waals surface area contributed by atoms with Crippen LogP contribution in [-0.2, 0) is 25.4 Å². The predicted molar refractivity (Wildman–Crippen MR) is 141 cm³/mol. The molecule has 0 saturated carbocycles. The zero-order chi connectivity index (χ0) is 25.4. The van der Waals surface area contributed by atoms with Gasteiger partial charge in [0.15, 0.2) is 16.3 Å². The van der Waals surface area contributed by atoms with Gasteiger partial charge in [0.05, 0.1) is 20.5 Å². The molecule has 14 heteroatoms. The molecule has 0 N–H and O–H groups in total. The predicted octanol–water partition coefficient (Wildman–Crippen LogP) is 1.08. The topological polar surface area (TPSA) is 117 Å². The second-order valence-corrected chi connectivity index (χ2v) is 9.22. The van der Waals surface area contributed by atoms with E-state index in [4.69, 9.17) is 14.5 Å². The lowest BCUT2D eigenvalue weighted by Crippen LogP contribution is -2.40. The molecule has 0 aliphatic rings. The number of fused-ring (bicyclic) bond motifs is 2. The Hall–Kier alpha value is -3.42. The summed E-state index contributed by atoms with van der Waals surface area (Å²) in [4.78, 5) is 51.1. The first-order valence-electron chi connectivity index (χ1n) is 10.7. The number of hydrogen-bond acceptors (Lipinski definition) is 9. The highest BCUT2D eigenvalue weighted by atomic mass is 35.5. The first-order chi connectivity index (χ1) is 16.7. The van der Waals surface area contributed by atoms with Crippen LogP contribution in [0.25, 0.3) is 21.4 Å². The third-order valence-electron chi connectivity index (χ3n) is 5.72. The minimum absolute atomic E-state index is 0. The van der Waals surface area contributed by atoms with Gasteiger partial charge in [0.25, 0.3) is 5.56 Å². The van der Waals surface area contributed by atoms with Gasteiger partial charge in [-0.2, -0.15) is 0 Å². The number of benzene rings is 1. The summed E-state index contributed by atoms with van der Waals surface area (Å²) in [5.74, 6) is 0.932. The molecule has 0 bridgehead atoms. The number of anilines is 1. The van der Waals surface area contributed by atoms with Crippen molar-refractivity contribution >= 4 is 56.2 Å². The van der Waals surface area contributed by atoms with E-state index in [1.165, 1.54) is 40.9 Å². The van der Waals surface area contributed by atoms with E-state index in [-0.39, 0.29) is 36.0 Å². The third-order valence-corrected chi connectivity index (χ3v) is 6.82. The number of amides is 1. The van der Waals surface area contributed by atoms with Crippen LogP contribution in [0.4, 0.5) is 5.13 Å². The highest BCUT2D eigenvalue weighted by Crippen LogP contribution is 2.40. The third kappa shape index (κ3) is 4.68. The lowest BCUT2D eigenvalue weighted by molar-refractivity contribution is -0.119. The van der Waals surface area contributed by atoms with Gasteiger partial charge in [-0.25, -0.2) is 14.8 Å². The number of ether oxygens (including phenoxy) is 2. The SMILES string of the molecule is COc1ccc(OC)c2sc(N(CCN(C)C)C(=O)Cn3cnc4c3c(=O)n(C)c(=O)n4C)nc12.Cl. The highest BCUT2D eigenvalue weighted by molar-refractivity contribution is 7.22. The number of methoxy groups -OCH3 is 2. The van der Waals surface area contributed by atoms with Crippen LogP contribution >= 0.6 is 23.7 Å². The van der Waals surface area contributed by atoms with Crippen LogP contribution in [0.15, 0.2) is 28.0 Å². The number of thiazole rings is 1. The summed E-state index contributed by atoms with van der Waals surface area (Å²) in [5, 5.41) is 0.486. The van der Waals surface area contributed by atoms with Gasteiger partial charge < -0.3 is 18.9 Å². The Morgan fingerprint density at radius 3 is 2.36 bits per heavy atom. The average molecular weight is 538 g/mol. The first kappa shape index (κ1) is 27.2. The second-order valence-electron chi connectivity index (χ2n) is 8.24. The van der Waals surface area contributed by atoms with Crippen molar-refractivity contribution in [1.82, 2.24) is 28.6 Å². The molecule has 4 rings (SSSR count). The normalized spacial score (nSPS) is 11.2. The van der Waals surface area contributed by atoms with Gasteiger partial charge in [-0.3, -0.25) is 23.6 Å². The maximum atomic E-state index is 13.6. The smallest absolute Gasteiger partial charge is 0.332 e. The molecule has 194 valence electrons. The summed E-state index contributed by atoms with van der Waals surface area (Å²) >= 11 is 1.33. The highest BCUT2D eigenvalue weighted by Gasteiger charge is 2.24. The zero-order valence-electron chi connectivity index (χ0n) is 20.8. The van der Waals surface area contributed by atoms with Gasteiger partial charge in [0.2, 0.25) is 5.91 Å². The van der Waals surface area contributed by atoms with E-state index >= 15 is 0 Å². The van der Waals surface area contributed by atoms with Crippen molar-refractivity contribution in [2.45, 2.75) is 6.54 Å². The molecule has 0 saturated heterocycles. The van der Waals surface area contributed by atoms with Crippen molar-refractivity contribution in [3.8, 4) is 11.5 Å². The molecule has 0 unspecified atom stereocenters. The largest absolute Gasteiger partial charge is 0.495 e. The Balaban J connectivity index is 0.00000361. The van der Waals surface area contributed by atoms with Crippen molar-refractivity contribution in [3.63, 3.8) is 0 Å². The summed E-state index contributed by atoms with van der Waals surface area (Å²) in [6.07, 6.45) is 1.40. The van der Waals surface area contributed by atoms with Gasteiger partial charge in [0.1, 0.15) is 28.3 Å². The molecule has 1 amide bonds. The summed E-state index contributed by atoms with van der Waals surface area (Å²) in [5.41, 5.74) is 0.0153. The van der Waals surface area contributed by atoms with Crippen molar-refractivity contribution < 1.29 is 14.3 Å². The Bertz CT molecular complexity index is 1500. The van der Waals surface area contributed by atoms with E-state index in [9.17, 15) is 14.4 Å². The number of nitrogens with zero attached hydrogens (tertiary/aromatic N) is 7. The van der Waals surface area contributed by atoms with E-state index < -0.39 is 11.2 Å². The molecule has 0 fully saturated rings. The number of likely N-dealkylation sites (N-methyl/N-ethyl adjacent to an activating group) is 1. The van der Waals surface area contributed by atoms with Gasteiger partial charge in [0, 0.05) is 27.2 Å². The maximum Gasteiger partial charge on any atom is 0.332 e. The van der Waals surface area contributed by atoms with E-state index in [2.05, 4.69) is 4.98 Å². The maximum absolute atomic E-state index is 13.6. The van der Waals surface area contributed by atoms with Gasteiger partial charge >= 0.3 is 5.69 Å². The summed E-state index contributed by atoms with van der Waals surface area (Å²) in [7, 11) is 9.91. The van der Waals surface area contributed by atoms with Crippen molar-refractivity contribution in [2.24, 2.45) is 14.1 Å². The number of imidazole rings is 1. The van der Waals surface area contributed by atoms with Crippen molar-refractivity contribution in [2.75, 3.05) is 46.3 Å². The van der Waals surface area contributed by atoms with Crippen molar-refractivity contribution in [3.05, 3.63) is 39.3 Å². The van der Waals surface area contributed by atoms with E-state index in [1.807, 2.05) is 19.0 Å². The summed E-state index contributed by atoms with van der Waals surface area (Å²) < 4.78 is 15.5. The van der Waals surface area contributed by atoms with E-state index in [0.29, 0.717) is 35.2 Å². The molecule has 3 heterocycles. The monoisotopic (exact) mass is 537 g/mol. The molecule has 36 heavy (non-hydrogen) atoms. The molecule has 1 aromatic carbocycles. The number of aromatic nitrogens is 5. The first-order valence-corrected chi connectivity index (χ1v) is 11.6. The number of aryl methyl sites for hydroxylation is 1. The Kier molecular flexibility index (Phi) is 8.06. The minimum atomic E-state index is -0.511. The minimum Gasteiger partial charge on any atom is -0.495 e. The second kappa shape index (κ2) is 10.7. The molecule has 0 atom stereocenters. The van der Waals surface area contributed by atoms with Crippen molar-refractivity contribution in [1.29, 1.82) is 0 Å². The molecule has 0 spiro atoms. The zero-order valence-corrected chi connectivity index (χ0v) is 22.5. The lowest BCUT2D eigenvalue weighted by atomic mass is 10.3. The van der Waals surface area contributed by atoms with Crippen LogP contribution in [0.2, 0.25) is 0 Å². The molecule has 12 nitrogen and oxygen atoms in total. The Labute approximate surface area is 216 Å². The standard InChI is InChI=1S/C22H27N7O5S.ClH/c1-25(2)9-10-29(21-24-16-13(33-5)7-8-14(34-6)18(16)35-21)15(30)11-28-12-23-19-17(28)20(31)27(4)22(32)26(19)3;/h7-8,12H,9-11H2,1-6H3;1H. The number of carbonyl (C=O) groups excluding carboxylic acids is 1. The Morgan fingerprint density at radius 2 is 1.72 bits per heavy atom. The summed E-state index contributed by atoms with van der Waals surface area (Å²) in [6.45, 7) is 0.817. The molecule has 0 aliphatic carbocycles. The van der Waals surface area contributed by atoms with Crippen LogP contribution in [0.3, 0.4) is 0 Å². The molecule has 4 aromatic rings. The fourth-order valence-corrected chi connectivity index (χ4v) is 4.88. The Morgan fingerprint density at radius 1 is 1.06 bits per heavy atom. The van der Waals surface area contributed by atoms with Crippen LogP contribution in [0.5, 0.6) is 11.5 Å². The van der Waals surface area contributed by atoms with Crippen LogP contribution in [-0.4, -0.2) is 75.9 Å². The number of rotatable bonds is 8. The van der Waals surface area contributed by atoms with Crippen LogP contribution in [0, 0.1) is 0 Å². The van der Waals surface area contributed by atoms with Gasteiger partial charge in [-0.15, -0.1) is 12.4 Å². The van der Waals surface area contributed by atoms with Gasteiger partial charge in [-0.1, -0.05) is 11.3 Å². The lowest BCUT2D eigenvalue weighted by Gasteiger charge is -2.22. The molecular formula is C22H28ClN7O5S. The van der Waals surface area contributed by atoms with Gasteiger partial charge in [-0.05, 0) is 26.2 Å². The summed E-state index contributed by atoms with van der Waals surface area (Å²) in [6, 6.07) is 3.57. The molecule has 0 radical (unpaired) electrons. The van der Waals surface area contributed by atoms with E-state index in [1.54, 1.807) is 31.3 Å². The van der Waals surface area contributed by atoms with Crippen LogP contribution in [0.1, 0.15) is 0 Å². The fourth-order valence-electron chi connectivity index (χ4n) is 3.76. The number of carbonyl (C=O) groups is 1. The molecular weight excluding hydrogens is 510 g/mol. The average Bonchev–Trinajstić information content (AvgIpc) is 3.45. The number of halogens is 1.